The highest BCUT2D eigenvalue weighted by Gasteiger charge is 2.27. The van der Waals surface area contributed by atoms with Gasteiger partial charge in [0.25, 0.3) is 0 Å². The van der Waals surface area contributed by atoms with E-state index in [1.807, 2.05) is 0 Å². The van der Waals surface area contributed by atoms with Crippen molar-refractivity contribution in [3.8, 4) is 0 Å². The van der Waals surface area contributed by atoms with Crippen LogP contribution < -0.4 is 5.32 Å². The van der Waals surface area contributed by atoms with Crippen LogP contribution in [0.15, 0.2) is 0 Å². The van der Waals surface area contributed by atoms with Gasteiger partial charge in [-0.2, -0.15) is 0 Å². The monoisotopic (exact) mass is 212 g/mol. The van der Waals surface area contributed by atoms with Crippen LogP contribution in [0, 0.1) is 5.92 Å². The van der Waals surface area contributed by atoms with Crippen LogP contribution in [0.4, 0.5) is 0 Å². The lowest BCUT2D eigenvalue weighted by molar-refractivity contribution is -0.0343. The number of nitrogens with zero attached hydrogens (tertiary/aromatic N) is 1. The van der Waals surface area contributed by atoms with Crippen molar-refractivity contribution in [1.29, 1.82) is 0 Å². The Balaban J connectivity index is 1.78. The van der Waals surface area contributed by atoms with Gasteiger partial charge in [-0.15, -0.1) is 0 Å². The van der Waals surface area contributed by atoms with Crippen LogP contribution in [0.3, 0.4) is 0 Å². The van der Waals surface area contributed by atoms with E-state index in [1.165, 1.54) is 19.5 Å². The summed E-state index contributed by atoms with van der Waals surface area (Å²) in [5.41, 5.74) is 0. The topological polar surface area (TPSA) is 24.5 Å². The van der Waals surface area contributed by atoms with Crippen molar-refractivity contribution in [2.75, 3.05) is 32.8 Å². The molecule has 1 N–H and O–H groups in total. The zero-order valence-corrected chi connectivity index (χ0v) is 10.0. The van der Waals surface area contributed by atoms with Crippen molar-refractivity contribution in [2.24, 2.45) is 5.92 Å². The lowest BCUT2D eigenvalue weighted by Gasteiger charge is -2.34. The van der Waals surface area contributed by atoms with Crippen LogP contribution in [0.5, 0.6) is 0 Å². The molecule has 2 rings (SSSR count). The molecule has 0 amide bonds. The van der Waals surface area contributed by atoms with Gasteiger partial charge in [0.05, 0.1) is 12.7 Å². The molecule has 2 heterocycles. The maximum Gasteiger partial charge on any atom is 0.0700 e. The zero-order chi connectivity index (χ0) is 10.7. The molecule has 2 aliphatic rings. The SMILES string of the molecule is CCC1CN(CC2CCNC2C)CCO1. The average Bonchev–Trinajstić information content (AvgIpc) is 2.65. The predicted molar refractivity (Wildman–Crippen MR) is 62.0 cm³/mol. The van der Waals surface area contributed by atoms with Gasteiger partial charge in [-0.25, -0.2) is 0 Å². The van der Waals surface area contributed by atoms with E-state index >= 15 is 0 Å². The summed E-state index contributed by atoms with van der Waals surface area (Å²) in [5, 5.41) is 3.53. The fourth-order valence-electron chi connectivity index (χ4n) is 2.69. The van der Waals surface area contributed by atoms with Gasteiger partial charge in [0.15, 0.2) is 0 Å². The first kappa shape index (κ1) is 11.4. The summed E-state index contributed by atoms with van der Waals surface area (Å²) in [7, 11) is 0. The largest absolute Gasteiger partial charge is 0.376 e. The highest BCUT2D eigenvalue weighted by molar-refractivity contribution is 4.83. The number of nitrogens with one attached hydrogen (secondary N) is 1. The second-order valence-electron chi connectivity index (χ2n) is 4.95. The van der Waals surface area contributed by atoms with Crippen LogP contribution >= 0.6 is 0 Å². The van der Waals surface area contributed by atoms with Crippen molar-refractivity contribution in [1.82, 2.24) is 10.2 Å². The van der Waals surface area contributed by atoms with Crippen molar-refractivity contribution in [3.05, 3.63) is 0 Å². The molecular formula is C12H24N2O. The minimum atomic E-state index is 0.475. The highest BCUT2D eigenvalue weighted by Crippen LogP contribution is 2.18. The fraction of sp³-hybridized carbons (Fsp3) is 1.00. The third-order valence-electron chi connectivity index (χ3n) is 3.86. The molecule has 3 heteroatoms. The number of rotatable bonds is 3. The molecule has 0 aromatic heterocycles. The Hall–Kier alpha value is -0.120. The Morgan fingerprint density at radius 2 is 2.33 bits per heavy atom. The fourth-order valence-corrected chi connectivity index (χ4v) is 2.69. The van der Waals surface area contributed by atoms with Gasteiger partial charge in [0.1, 0.15) is 0 Å². The van der Waals surface area contributed by atoms with E-state index in [-0.39, 0.29) is 0 Å². The standard InChI is InChI=1S/C12H24N2O/c1-3-12-9-14(6-7-15-12)8-11-4-5-13-10(11)2/h10-13H,3-9H2,1-2H3. The van der Waals surface area contributed by atoms with Gasteiger partial charge < -0.3 is 10.1 Å². The van der Waals surface area contributed by atoms with Crippen molar-refractivity contribution < 1.29 is 4.74 Å². The van der Waals surface area contributed by atoms with Crippen LogP contribution in [0.1, 0.15) is 26.7 Å². The van der Waals surface area contributed by atoms with E-state index in [4.69, 9.17) is 4.74 Å². The first-order valence-corrected chi connectivity index (χ1v) is 6.37. The van der Waals surface area contributed by atoms with E-state index in [1.54, 1.807) is 0 Å². The Labute approximate surface area is 93.2 Å². The maximum atomic E-state index is 5.69. The van der Waals surface area contributed by atoms with Crippen LogP contribution in [0.25, 0.3) is 0 Å². The first-order valence-electron chi connectivity index (χ1n) is 6.37. The molecule has 2 aliphatic heterocycles. The van der Waals surface area contributed by atoms with Crippen LogP contribution in [0.2, 0.25) is 0 Å². The number of ether oxygens (including phenoxy) is 1. The Bertz CT molecular complexity index is 198. The summed E-state index contributed by atoms with van der Waals surface area (Å²) >= 11 is 0. The molecule has 2 fully saturated rings. The van der Waals surface area contributed by atoms with Crippen molar-refractivity contribution in [2.45, 2.75) is 38.8 Å². The molecule has 0 radical (unpaired) electrons. The van der Waals surface area contributed by atoms with E-state index in [9.17, 15) is 0 Å². The average molecular weight is 212 g/mol. The third-order valence-corrected chi connectivity index (χ3v) is 3.86. The van der Waals surface area contributed by atoms with Gasteiger partial charge in [-0.1, -0.05) is 6.92 Å². The molecule has 3 atom stereocenters. The lowest BCUT2D eigenvalue weighted by atomic mass is 10.0. The molecule has 3 unspecified atom stereocenters. The molecule has 0 bridgehead atoms. The lowest BCUT2D eigenvalue weighted by Crippen LogP contribution is -2.45. The second kappa shape index (κ2) is 5.28. The van der Waals surface area contributed by atoms with E-state index in [2.05, 4.69) is 24.1 Å². The molecule has 0 aromatic carbocycles. The van der Waals surface area contributed by atoms with Crippen molar-refractivity contribution >= 4 is 0 Å². The zero-order valence-electron chi connectivity index (χ0n) is 10.0. The minimum absolute atomic E-state index is 0.475. The summed E-state index contributed by atoms with van der Waals surface area (Å²) in [5.74, 6) is 0.848. The molecule has 2 saturated heterocycles. The van der Waals surface area contributed by atoms with Crippen molar-refractivity contribution in [3.63, 3.8) is 0 Å². The molecule has 15 heavy (non-hydrogen) atoms. The normalized spacial score (nSPS) is 38.4. The second-order valence-corrected chi connectivity index (χ2v) is 4.95. The van der Waals surface area contributed by atoms with Gasteiger partial charge in [0, 0.05) is 25.7 Å². The van der Waals surface area contributed by atoms with Crippen LogP contribution in [-0.2, 0) is 4.74 Å². The number of hydrogen-bond donors (Lipinski definition) is 1. The molecule has 0 spiro atoms. The third kappa shape index (κ3) is 2.92. The number of hydrogen-bond acceptors (Lipinski definition) is 3. The Morgan fingerprint density at radius 1 is 1.47 bits per heavy atom. The van der Waals surface area contributed by atoms with Gasteiger partial charge in [-0.05, 0) is 32.2 Å². The minimum Gasteiger partial charge on any atom is -0.376 e. The molecule has 0 saturated carbocycles. The summed E-state index contributed by atoms with van der Waals surface area (Å²) in [6.07, 6.45) is 2.97. The Morgan fingerprint density at radius 3 is 3.00 bits per heavy atom. The first-order chi connectivity index (χ1) is 7.29. The predicted octanol–water partition coefficient (Wildman–Crippen LogP) is 1.10. The summed E-state index contributed by atoms with van der Waals surface area (Å²) in [6.45, 7) is 10.2. The number of morpholine rings is 1. The van der Waals surface area contributed by atoms with Crippen LogP contribution in [-0.4, -0.2) is 49.8 Å². The smallest absolute Gasteiger partial charge is 0.0700 e. The molecular weight excluding hydrogens is 188 g/mol. The molecule has 0 aromatic rings. The van der Waals surface area contributed by atoms with E-state index in [0.717, 1.165) is 32.0 Å². The van der Waals surface area contributed by atoms with Gasteiger partial charge in [0.2, 0.25) is 0 Å². The summed E-state index contributed by atoms with van der Waals surface area (Å²) in [6, 6.07) is 0.702. The molecule has 3 nitrogen and oxygen atoms in total. The Kier molecular flexibility index (Phi) is 4.00. The van der Waals surface area contributed by atoms with Gasteiger partial charge in [-0.3, -0.25) is 4.90 Å². The highest BCUT2D eigenvalue weighted by atomic mass is 16.5. The van der Waals surface area contributed by atoms with E-state index in [0.29, 0.717) is 12.1 Å². The maximum absolute atomic E-state index is 5.69. The summed E-state index contributed by atoms with van der Waals surface area (Å²) < 4.78 is 5.69. The quantitative estimate of drug-likeness (QED) is 0.758. The molecule has 88 valence electrons. The van der Waals surface area contributed by atoms with E-state index < -0.39 is 0 Å². The summed E-state index contributed by atoms with van der Waals surface area (Å²) in [4.78, 5) is 2.59. The van der Waals surface area contributed by atoms with Gasteiger partial charge >= 0.3 is 0 Å². The molecule has 0 aliphatic carbocycles.